The number of hydrogen-bond donors (Lipinski definition) is 1. The highest BCUT2D eigenvalue weighted by Crippen LogP contribution is 2.41. The summed E-state index contributed by atoms with van der Waals surface area (Å²) in [4.78, 5) is 17.3. The summed E-state index contributed by atoms with van der Waals surface area (Å²) >= 11 is 5.15. The number of methoxy groups -OCH3 is 1. The lowest BCUT2D eigenvalue weighted by molar-refractivity contribution is -0.136. The van der Waals surface area contributed by atoms with Crippen LogP contribution in [0.15, 0.2) is 39.1 Å². The van der Waals surface area contributed by atoms with Gasteiger partial charge in [0, 0.05) is 21.5 Å². The minimum Gasteiger partial charge on any atom is -0.494 e. The third-order valence-electron chi connectivity index (χ3n) is 4.53. The molecule has 0 bridgehead atoms. The van der Waals surface area contributed by atoms with Crippen LogP contribution in [0.4, 0.5) is 5.95 Å². The van der Waals surface area contributed by atoms with Gasteiger partial charge in [0.05, 0.1) is 19.3 Å². The van der Waals surface area contributed by atoms with Crippen LogP contribution >= 0.6 is 27.7 Å². The Morgan fingerprint density at radius 1 is 1.38 bits per heavy atom. The first-order valence-corrected chi connectivity index (χ1v) is 11.4. The maximum Gasteiger partial charge on any atom is 0.338 e. The van der Waals surface area contributed by atoms with Crippen LogP contribution in [0.5, 0.6) is 5.75 Å². The number of nitrogens with zero attached hydrogens (tertiary/aromatic N) is 3. The van der Waals surface area contributed by atoms with Crippen molar-refractivity contribution in [2.24, 2.45) is 0 Å². The number of nitrogens with one attached hydrogen (secondary N) is 1. The van der Waals surface area contributed by atoms with Gasteiger partial charge in [-0.15, -0.1) is 5.10 Å². The molecule has 1 aliphatic heterocycles. The van der Waals surface area contributed by atoms with Gasteiger partial charge >= 0.3 is 5.97 Å². The zero-order valence-corrected chi connectivity index (χ0v) is 19.4. The summed E-state index contributed by atoms with van der Waals surface area (Å²) in [6.07, 6.45) is 2.21. The Morgan fingerprint density at radius 3 is 2.86 bits per heavy atom. The Hall–Kier alpha value is -2.00. The molecule has 29 heavy (non-hydrogen) atoms. The van der Waals surface area contributed by atoms with Crippen molar-refractivity contribution < 1.29 is 14.3 Å². The number of esters is 1. The molecule has 0 spiro atoms. The lowest BCUT2D eigenvalue weighted by Gasteiger charge is -2.29. The van der Waals surface area contributed by atoms with Gasteiger partial charge in [0.1, 0.15) is 11.8 Å². The van der Waals surface area contributed by atoms with Gasteiger partial charge in [-0.25, -0.2) is 9.48 Å². The summed E-state index contributed by atoms with van der Waals surface area (Å²) in [5.74, 6) is 1.82. The number of aromatic nitrogens is 3. The van der Waals surface area contributed by atoms with Crippen LogP contribution in [0.3, 0.4) is 0 Å². The second-order valence-electron chi connectivity index (χ2n) is 6.54. The van der Waals surface area contributed by atoms with E-state index in [1.165, 1.54) is 7.11 Å². The number of ether oxygens (including phenoxy) is 2. The van der Waals surface area contributed by atoms with E-state index in [4.69, 9.17) is 14.6 Å². The van der Waals surface area contributed by atoms with Crippen molar-refractivity contribution in [3.8, 4) is 5.75 Å². The Bertz CT molecular complexity index is 928. The summed E-state index contributed by atoms with van der Waals surface area (Å²) in [7, 11) is 1.38. The molecule has 0 radical (unpaired) electrons. The first-order valence-electron chi connectivity index (χ1n) is 9.57. The van der Waals surface area contributed by atoms with E-state index in [2.05, 4.69) is 33.2 Å². The Labute approximate surface area is 183 Å². The number of fused-ring (bicyclic) bond motifs is 1. The number of benzene rings is 1. The van der Waals surface area contributed by atoms with E-state index in [0.29, 0.717) is 34.7 Å². The van der Waals surface area contributed by atoms with Crippen LogP contribution in [0, 0.1) is 0 Å². The number of carbonyl (C=O) groups is 1. The van der Waals surface area contributed by atoms with E-state index in [1.54, 1.807) is 16.4 Å². The molecule has 0 saturated carbocycles. The number of halogens is 1. The molecule has 1 atom stereocenters. The zero-order valence-electron chi connectivity index (χ0n) is 17.0. The fourth-order valence-electron chi connectivity index (χ4n) is 3.18. The number of unbranched alkanes of at least 4 members (excludes halogenated alkanes) is 1. The average molecular weight is 481 g/mol. The third-order valence-corrected chi connectivity index (χ3v) is 5.95. The molecule has 2 heterocycles. The molecular formula is C20H25BrN4O3S. The smallest absolute Gasteiger partial charge is 0.338 e. The monoisotopic (exact) mass is 480 g/mol. The highest BCUT2D eigenvalue weighted by atomic mass is 79.9. The highest BCUT2D eigenvalue weighted by Gasteiger charge is 2.36. The number of rotatable bonds is 8. The minimum atomic E-state index is -0.509. The molecule has 3 rings (SSSR count). The van der Waals surface area contributed by atoms with E-state index in [0.717, 1.165) is 28.6 Å². The van der Waals surface area contributed by atoms with Crippen molar-refractivity contribution in [3.05, 3.63) is 39.5 Å². The van der Waals surface area contributed by atoms with Crippen molar-refractivity contribution in [2.75, 3.05) is 24.8 Å². The molecule has 0 amide bonds. The molecule has 7 nitrogen and oxygen atoms in total. The SMILES string of the molecule is CCCCSc1nc2n(n1)C(c1cc(Br)ccc1OCC)C(C(=O)OC)=C(C)N2. The fourth-order valence-corrected chi connectivity index (χ4v) is 4.47. The number of thioether (sulfide) groups is 1. The molecule has 9 heteroatoms. The Morgan fingerprint density at radius 2 is 2.17 bits per heavy atom. The maximum atomic E-state index is 12.7. The van der Waals surface area contributed by atoms with Crippen molar-refractivity contribution in [1.29, 1.82) is 0 Å². The predicted octanol–water partition coefficient (Wildman–Crippen LogP) is 4.79. The van der Waals surface area contributed by atoms with Gasteiger partial charge in [0.15, 0.2) is 0 Å². The van der Waals surface area contributed by atoms with Crippen molar-refractivity contribution in [2.45, 2.75) is 44.8 Å². The molecule has 1 aliphatic rings. The molecule has 1 aromatic carbocycles. The van der Waals surface area contributed by atoms with E-state index < -0.39 is 12.0 Å². The third kappa shape index (κ3) is 4.61. The van der Waals surface area contributed by atoms with Crippen LogP contribution in [0.25, 0.3) is 0 Å². The van der Waals surface area contributed by atoms with Crippen LogP contribution < -0.4 is 10.1 Å². The summed E-state index contributed by atoms with van der Waals surface area (Å²) in [5, 5.41) is 8.59. The van der Waals surface area contributed by atoms with E-state index in [1.807, 2.05) is 32.0 Å². The topological polar surface area (TPSA) is 78.3 Å². The first kappa shape index (κ1) is 21.7. The number of anilines is 1. The average Bonchev–Trinajstić information content (AvgIpc) is 3.10. The largest absolute Gasteiger partial charge is 0.494 e. The highest BCUT2D eigenvalue weighted by molar-refractivity contribution is 9.10. The molecule has 1 unspecified atom stereocenters. The number of allylic oxidation sites excluding steroid dienone is 1. The van der Waals surface area contributed by atoms with E-state index in [9.17, 15) is 4.79 Å². The van der Waals surface area contributed by atoms with Gasteiger partial charge in [-0.05, 0) is 38.5 Å². The van der Waals surface area contributed by atoms with Crippen LogP contribution in [-0.2, 0) is 9.53 Å². The Kier molecular flexibility index (Phi) is 7.23. The van der Waals surface area contributed by atoms with Crippen molar-refractivity contribution >= 4 is 39.6 Å². The maximum absolute atomic E-state index is 12.7. The number of hydrogen-bond acceptors (Lipinski definition) is 7. The molecule has 0 fully saturated rings. The minimum absolute atomic E-state index is 0.413. The second kappa shape index (κ2) is 9.67. The second-order valence-corrected chi connectivity index (χ2v) is 8.52. The van der Waals surface area contributed by atoms with E-state index >= 15 is 0 Å². The molecule has 2 aromatic rings. The molecule has 0 aliphatic carbocycles. The summed E-state index contributed by atoms with van der Waals surface area (Å²) in [5.41, 5.74) is 1.99. The lowest BCUT2D eigenvalue weighted by Crippen LogP contribution is -2.29. The Balaban J connectivity index is 2.13. The molecule has 0 saturated heterocycles. The van der Waals surface area contributed by atoms with Gasteiger partial charge in [-0.1, -0.05) is 41.0 Å². The fraction of sp³-hybridized carbons (Fsp3) is 0.450. The van der Waals surface area contributed by atoms with Crippen molar-refractivity contribution in [3.63, 3.8) is 0 Å². The molecule has 1 N–H and O–H groups in total. The molecule has 1 aromatic heterocycles. The van der Waals surface area contributed by atoms with Crippen LogP contribution in [0.2, 0.25) is 0 Å². The standard InChI is InChI=1S/C20H25BrN4O3S/c1-5-7-10-29-20-23-19-22-12(3)16(18(26)27-4)17(25(19)24-20)14-11-13(21)8-9-15(14)28-6-2/h8-9,11,17H,5-7,10H2,1-4H3,(H,22,23,24). The van der Waals surface area contributed by atoms with Gasteiger partial charge in [0.25, 0.3) is 0 Å². The van der Waals surface area contributed by atoms with Gasteiger partial charge in [-0.3, -0.25) is 0 Å². The molecule has 156 valence electrons. The number of carbonyl (C=O) groups excluding carboxylic acids is 1. The summed E-state index contributed by atoms with van der Waals surface area (Å²) in [6, 6.07) is 5.25. The van der Waals surface area contributed by atoms with Crippen LogP contribution in [0.1, 0.15) is 45.2 Å². The van der Waals surface area contributed by atoms with Gasteiger partial charge in [0.2, 0.25) is 11.1 Å². The van der Waals surface area contributed by atoms with E-state index in [-0.39, 0.29) is 0 Å². The zero-order chi connectivity index (χ0) is 21.0. The van der Waals surface area contributed by atoms with Gasteiger partial charge < -0.3 is 14.8 Å². The van der Waals surface area contributed by atoms with Gasteiger partial charge in [-0.2, -0.15) is 4.98 Å². The summed E-state index contributed by atoms with van der Waals surface area (Å²) in [6.45, 7) is 6.44. The summed E-state index contributed by atoms with van der Waals surface area (Å²) < 4.78 is 13.6. The first-order chi connectivity index (χ1) is 14.0. The quantitative estimate of drug-likeness (QED) is 0.330. The van der Waals surface area contributed by atoms with Crippen LogP contribution in [-0.4, -0.2) is 40.2 Å². The normalized spacial score (nSPS) is 15.7. The lowest BCUT2D eigenvalue weighted by atomic mass is 9.95. The molecular weight excluding hydrogens is 456 g/mol. The van der Waals surface area contributed by atoms with Crippen molar-refractivity contribution in [1.82, 2.24) is 14.8 Å². The predicted molar refractivity (Wildman–Crippen MR) is 117 cm³/mol.